The summed E-state index contributed by atoms with van der Waals surface area (Å²) >= 11 is 3.33. The van der Waals surface area contributed by atoms with Crippen molar-refractivity contribution < 1.29 is 19.1 Å². The molecule has 1 saturated heterocycles. The zero-order valence-electron chi connectivity index (χ0n) is 15.8. The molecule has 2 fully saturated rings. The number of benzene rings is 1. The molecular weight excluding hydrogens is 412 g/mol. The van der Waals surface area contributed by atoms with Crippen LogP contribution >= 0.6 is 15.9 Å². The van der Waals surface area contributed by atoms with Crippen molar-refractivity contribution in [2.75, 3.05) is 6.54 Å². The zero-order valence-corrected chi connectivity index (χ0v) is 17.4. The second kappa shape index (κ2) is 7.62. The first-order valence-electron chi connectivity index (χ1n) is 9.23. The molecule has 1 N–H and O–H groups in total. The van der Waals surface area contributed by atoms with Crippen LogP contribution < -0.4 is 5.32 Å². The Morgan fingerprint density at radius 2 is 1.85 bits per heavy atom. The van der Waals surface area contributed by atoms with Gasteiger partial charge < -0.3 is 10.1 Å². The minimum absolute atomic E-state index is 0.0442. The molecule has 2 aliphatic rings. The molecule has 7 heteroatoms. The number of nitrogens with zero attached hydrogens (tertiary/aromatic N) is 1. The summed E-state index contributed by atoms with van der Waals surface area (Å²) in [5.74, 6) is -0.313. The maximum atomic E-state index is 12.8. The topological polar surface area (TPSA) is 75.7 Å². The molecule has 6 nitrogen and oxygen atoms in total. The molecule has 2 amide bonds. The zero-order chi connectivity index (χ0) is 19.8. The summed E-state index contributed by atoms with van der Waals surface area (Å²) in [4.78, 5) is 39.3. The van der Waals surface area contributed by atoms with E-state index in [9.17, 15) is 14.4 Å². The van der Waals surface area contributed by atoms with E-state index in [0.717, 1.165) is 23.7 Å². The normalized spacial score (nSPS) is 24.0. The number of piperidine rings is 1. The molecule has 3 atom stereocenters. The van der Waals surface area contributed by atoms with Gasteiger partial charge in [0.2, 0.25) is 5.91 Å². The van der Waals surface area contributed by atoms with Crippen molar-refractivity contribution in [1.29, 1.82) is 0 Å². The lowest BCUT2D eigenvalue weighted by molar-refractivity contribution is -0.127. The quantitative estimate of drug-likeness (QED) is 0.732. The van der Waals surface area contributed by atoms with E-state index in [1.807, 2.05) is 20.8 Å². The van der Waals surface area contributed by atoms with E-state index < -0.39 is 17.7 Å². The molecule has 1 aromatic carbocycles. The maximum absolute atomic E-state index is 12.8. The van der Waals surface area contributed by atoms with Crippen molar-refractivity contribution >= 4 is 33.7 Å². The molecule has 1 heterocycles. The Balaban J connectivity index is 1.64. The molecule has 0 spiro atoms. The van der Waals surface area contributed by atoms with Gasteiger partial charge in [0, 0.05) is 16.1 Å². The van der Waals surface area contributed by atoms with Gasteiger partial charge in [0.05, 0.1) is 6.54 Å². The van der Waals surface area contributed by atoms with Crippen LogP contribution in [0, 0.1) is 5.92 Å². The van der Waals surface area contributed by atoms with Crippen LogP contribution in [-0.4, -0.2) is 46.9 Å². The summed E-state index contributed by atoms with van der Waals surface area (Å²) in [5.41, 5.74) is -0.0762. The number of likely N-dealkylation sites (tertiary alicyclic amines) is 1. The number of ketones is 1. The van der Waals surface area contributed by atoms with Crippen molar-refractivity contribution in [2.45, 2.75) is 57.7 Å². The van der Waals surface area contributed by atoms with Crippen molar-refractivity contribution in [1.82, 2.24) is 10.2 Å². The lowest BCUT2D eigenvalue weighted by Crippen LogP contribution is -2.54. The molecule has 1 aromatic rings. The van der Waals surface area contributed by atoms with Gasteiger partial charge in [0.15, 0.2) is 5.78 Å². The van der Waals surface area contributed by atoms with Gasteiger partial charge in [-0.15, -0.1) is 0 Å². The molecule has 0 aromatic heterocycles. The SMILES string of the molecule is CC(C)(C)OC(=O)N1C(C(=O)NCC(=O)c2ccc(Br)cc2)[C@H]2CC[C@@H]1C2. The summed E-state index contributed by atoms with van der Waals surface area (Å²) in [6, 6.07) is 6.48. The van der Waals surface area contributed by atoms with E-state index in [-0.39, 0.29) is 30.2 Å². The van der Waals surface area contributed by atoms with Crippen molar-refractivity contribution in [3.63, 3.8) is 0 Å². The Morgan fingerprint density at radius 3 is 2.48 bits per heavy atom. The average molecular weight is 437 g/mol. The standard InChI is InChI=1S/C20H25BrN2O4/c1-20(2,3)27-19(26)23-15-9-6-13(10-15)17(23)18(25)22-11-16(24)12-4-7-14(21)8-5-12/h4-5,7-8,13,15,17H,6,9-11H2,1-3H3,(H,22,25)/t13-,15+,17?/m0/s1. The molecule has 1 aliphatic carbocycles. The molecule has 2 bridgehead atoms. The molecular formula is C20H25BrN2O4. The van der Waals surface area contributed by atoms with E-state index in [0.29, 0.717) is 5.56 Å². The highest BCUT2D eigenvalue weighted by atomic mass is 79.9. The third-order valence-corrected chi connectivity index (χ3v) is 5.58. The largest absolute Gasteiger partial charge is 0.444 e. The third kappa shape index (κ3) is 4.51. The highest BCUT2D eigenvalue weighted by Gasteiger charge is 2.52. The van der Waals surface area contributed by atoms with Gasteiger partial charge in [-0.1, -0.05) is 28.1 Å². The van der Waals surface area contributed by atoms with E-state index in [1.165, 1.54) is 0 Å². The fourth-order valence-electron chi connectivity index (χ4n) is 3.91. The number of rotatable bonds is 4. The van der Waals surface area contributed by atoms with Crippen molar-refractivity contribution in [3.05, 3.63) is 34.3 Å². The van der Waals surface area contributed by atoms with E-state index in [2.05, 4.69) is 21.2 Å². The smallest absolute Gasteiger partial charge is 0.411 e. The molecule has 1 aliphatic heterocycles. The van der Waals surface area contributed by atoms with Gasteiger partial charge in [-0.3, -0.25) is 14.5 Å². The first-order chi connectivity index (χ1) is 12.7. The maximum Gasteiger partial charge on any atom is 0.411 e. The van der Waals surface area contributed by atoms with Crippen LogP contribution in [0.4, 0.5) is 4.79 Å². The predicted molar refractivity (Wildman–Crippen MR) is 104 cm³/mol. The summed E-state index contributed by atoms with van der Waals surface area (Å²) in [5, 5.41) is 2.72. The fraction of sp³-hybridized carbons (Fsp3) is 0.550. The molecule has 1 unspecified atom stereocenters. The Kier molecular flexibility index (Phi) is 5.60. The number of amides is 2. The van der Waals surface area contributed by atoms with Gasteiger partial charge >= 0.3 is 6.09 Å². The third-order valence-electron chi connectivity index (χ3n) is 5.05. The second-order valence-corrected chi connectivity index (χ2v) is 9.12. The van der Waals surface area contributed by atoms with Crippen LogP contribution in [0.5, 0.6) is 0 Å². The number of hydrogen-bond donors (Lipinski definition) is 1. The highest BCUT2D eigenvalue weighted by Crippen LogP contribution is 2.43. The number of hydrogen-bond acceptors (Lipinski definition) is 4. The molecule has 1 saturated carbocycles. The first-order valence-corrected chi connectivity index (χ1v) is 10.0. The van der Waals surface area contributed by atoms with Crippen LogP contribution in [0.1, 0.15) is 50.4 Å². The Morgan fingerprint density at radius 1 is 1.19 bits per heavy atom. The van der Waals surface area contributed by atoms with Crippen LogP contribution in [-0.2, 0) is 9.53 Å². The molecule has 27 heavy (non-hydrogen) atoms. The lowest BCUT2D eigenvalue weighted by Gasteiger charge is -2.35. The predicted octanol–water partition coefficient (Wildman–Crippen LogP) is 3.54. The number of ether oxygens (including phenoxy) is 1. The van der Waals surface area contributed by atoms with Crippen LogP contribution in [0.3, 0.4) is 0 Å². The summed E-state index contributed by atoms with van der Waals surface area (Å²) in [7, 11) is 0. The fourth-order valence-corrected chi connectivity index (χ4v) is 4.18. The van der Waals surface area contributed by atoms with E-state index in [1.54, 1.807) is 29.2 Å². The number of carbonyl (C=O) groups excluding carboxylic acids is 3. The van der Waals surface area contributed by atoms with E-state index >= 15 is 0 Å². The van der Waals surface area contributed by atoms with Crippen LogP contribution in [0.2, 0.25) is 0 Å². The van der Waals surface area contributed by atoms with Gasteiger partial charge in [0.1, 0.15) is 11.6 Å². The summed E-state index contributed by atoms with van der Waals surface area (Å²) < 4.78 is 6.38. The van der Waals surface area contributed by atoms with Crippen LogP contribution in [0.25, 0.3) is 0 Å². The number of carbonyl (C=O) groups is 3. The molecule has 0 radical (unpaired) electrons. The number of Topliss-reactive ketones (excluding diaryl/α,β-unsaturated/α-hetero) is 1. The van der Waals surface area contributed by atoms with Crippen LogP contribution in [0.15, 0.2) is 28.7 Å². The Bertz CT molecular complexity index is 741. The second-order valence-electron chi connectivity index (χ2n) is 8.21. The van der Waals surface area contributed by atoms with Crippen molar-refractivity contribution in [3.8, 4) is 0 Å². The Labute approximate surface area is 167 Å². The Hall–Kier alpha value is -1.89. The molecule has 146 valence electrons. The van der Waals surface area contributed by atoms with Gasteiger partial charge in [-0.25, -0.2) is 4.79 Å². The van der Waals surface area contributed by atoms with E-state index in [4.69, 9.17) is 4.74 Å². The minimum atomic E-state index is -0.614. The van der Waals surface area contributed by atoms with Gasteiger partial charge in [-0.2, -0.15) is 0 Å². The minimum Gasteiger partial charge on any atom is -0.444 e. The summed E-state index contributed by atoms with van der Waals surface area (Å²) in [6.45, 7) is 5.35. The highest BCUT2D eigenvalue weighted by molar-refractivity contribution is 9.10. The number of nitrogens with one attached hydrogen (secondary N) is 1. The van der Waals surface area contributed by atoms with Crippen molar-refractivity contribution in [2.24, 2.45) is 5.92 Å². The summed E-state index contributed by atoms with van der Waals surface area (Å²) in [6.07, 6.45) is 2.18. The molecule has 3 rings (SSSR count). The number of halogens is 1. The van der Waals surface area contributed by atoms with Gasteiger partial charge in [-0.05, 0) is 58.1 Å². The monoisotopic (exact) mass is 436 g/mol. The lowest BCUT2D eigenvalue weighted by atomic mass is 9.98. The number of fused-ring (bicyclic) bond motifs is 2. The average Bonchev–Trinajstić information content (AvgIpc) is 3.19. The van der Waals surface area contributed by atoms with Gasteiger partial charge in [0.25, 0.3) is 0 Å². The first kappa shape index (κ1) is 19.9.